The van der Waals surface area contributed by atoms with Crippen molar-refractivity contribution in [3.8, 4) is 11.1 Å². The van der Waals surface area contributed by atoms with Crippen LogP contribution in [0.1, 0.15) is 59.3 Å². The van der Waals surface area contributed by atoms with Gasteiger partial charge in [0, 0.05) is 29.2 Å². The average Bonchev–Trinajstić information content (AvgIpc) is 3.19. The largest absolute Gasteiger partial charge is 0.366 e. The molecule has 180 valence electrons. The van der Waals surface area contributed by atoms with Crippen LogP contribution in [0.15, 0.2) is 30.3 Å². The number of halogens is 1. The lowest BCUT2D eigenvalue weighted by Crippen LogP contribution is -2.45. The van der Waals surface area contributed by atoms with E-state index in [1.165, 1.54) is 43.0 Å². The third-order valence-corrected chi connectivity index (χ3v) is 8.06. The van der Waals surface area contributed by atoms with Gasteiger partial charge >= 0.3 is 0 Å². The molecular weight excluding hydrogens is 427 g/mol. The van der Waals surface area contributed by atoms with Crippen molar-refractivity contribution in [2.75, 3.05) is 14.1 Å². The molecule has 2 aromatic carbocycles. The van der Waals surface area contributed by atoms with E-state index in [1.54, 1.807) is 12.1 Å². The van der Waals surface area contributed by atoms with Crippen molar-refractivity contribution in [1.29, 1.82) is 0 Å². The molecule has 1 aromatic heterocycles. The van der Waals surface area contributed by atoms with Crippen LogP contribution in [0.3, 0.4) is 0 Å². The molecule has 2 aliphatic carbocycles. The first-order valence-electron chi connectivity index (χ1n) is 12.5. The Hall–Kier alpha value is -2.70. The van der Waals surface area contributed by atoms with Gasteiger partial charge < -0.3 is 20.9 Å². The van der Waals surface area contributed by atoms with Crippen molar-refractivity contribution in [3.63, 3.8) is 0 Å². The van der Waals surface area contributed by atoms with Crippen molar-refractivity contribution in [2.45, 2.75) is 70.0 Å². The summed E-state index contributed by atoms with van der Waals surface area (Å²) in [7, 11) is 4.35. The second-order valence-corrected chi connectivity index (χ2v) is 10.3. The van der Waals surface area contributed by atoms with Crippen LogP contribution < -0.4 is 11.1 Å². The van der Waals surface area contributed by atoms with Crippen LogP contribution in [0.25, 0.3) is 22.0 Å². The SMILES string of the molecule is Cc1c(F)cccc1-c1ccc(C(N)=O)c2[nH]c3c(c12)CC(NC1CCC(N(C)C)CC1)CC3. The summed E-state index contributed by atoms with van der Waals surface area (Å²) in [6.45, 7) is 1.81. The minimum atomic E-state index is -0.446. The van der Waals surface area contributed by atoms with E-state index in [-0.39, 0.29) is 5.82 Å². The van der Waals surface area contributed by atoms with E-state index in [4.69, 9.17) is 5.73 Å². The maximum Gasteiger partial charge on any atom is 0.250 e. The Labute approximate surface area is 200 Å². The highest BCUT2D eigenvalue weighted by molar-refractivity contribution is 6.11. The third kappa shape index (κ3) is 4.14. The lowest BCUT2D eigenvalue weighted by molar-refractivity contribution is 0.100. The zero-order valence-electron chi connectivity index (χ0n) is 20.4. The molecule has 1 amide bonds. The quantitative estimate of drug-likeness (QED) is 0.515. The summed E-state index contributed by atoms with van der Waals surface area (Å²) in [6.07, 6.45) is 7.77. The van der Waals surface area contributed by atoms with E-state index in [0.717, 1.165) is 41.3 Å². The van der Waals surface area contributed by atoms with Gasteiger partial charge in [-0.25, -0.2) is 4.39 Å². The van der Waals surface area contributed by atoms with Crippen LogP contribution in [0.2, 0.25) is 0 Å². The molecule has 34 heavy (non-hydrogen) atoms. The van der Waals surface area contributed by atoms with E-state index in [2.05, 4.69) is 29.3 Å². The molecule has 3 aromatic rings. The number of benzene rings is 2. The smallest absolute Gasteiger partial charge is 0.250 e. The number of aromatic nitrogens is 1. The molecule has 2 aliphatic rings. The highest BCUT2D eigenvalue weighted by Gasteiger charge is 2.29. The number of hydrogen-bond acceptors (Lipinski definition) is 3. The molecule has 1 saturated carbocycles. The number of primary amides is 1. The predicted octanol–water partition coefficient (Wildman–Crippen LogP) is 4.70. The number of aryl methyl sites for hydroxylation is 1. The van der Waals surface area contributed by atoms with Crippen LogP contribution in [0, 0.1) is 12.7 Å². The third-order valence-electron chi connectivity index (χ3n) is 8.06. The molecule has 0 spiro atoms. The molecule has 1 atom stereocenters. The minimum Gasteiger partial charge on any atom is -0.366 e. The maximum atomic E-state index is 14.4. The summed E-state index contributed by atoms with van der Waals surface area (Å²) in [5.41, 5.74) is 11.9. The Morgan fingerprint density at radius 1 is 1.06 bits per heavy atom. The number of H-pyrrole nitrogens is 1. The van der Waals surface area contributed by atoms with E-state index >= 15 is 0 Å². The molecule has 0 aliphatic heterocycles. The van der Waals surface area contributed by atoms with Crippen LogP contribution in [0.5, 0.6) is 0 Å². The summed E-state index contributed by atoms with van der Waals surface area (Å²) in [5.74, 6) is -0.666. The standard InChI is InChI=1S/C28H35FN4O/c1-16-20(5-4-6-24(16)29)21-12-13-22(28(30)34)27-26(21)23-15-18(9-14-25(23)32-27)31-17-7-10-19(11-8-17)33(2)3/h4-6,12-13,17-19,31-32H,7-11,14-15H2,1-3H3,(H2,30,34). The maximum absolute atomic E-state index is 14.4. The van der Waals surface area contributed by atoms with Gasteiger partial charge in [0.2, 0.25) is 0 Å². The molecule has 1 heterocycles. The van der Waals surface area contributed by atoms with Crippen LogP contribution in [0.4, 0.5) is 4.39 Å². The van der Waals surface area contributed by atoms with E-state index in [0.29, 0.717) is 29.3 Å². The number of carbonyl (C=O) groups excluding carboxylic acids is 1. The Balaban J connectivity index is 1.50. The van der Waals surface area contributed by atoms with E-state index < -0.39 is 5.91 Å². The molecule has 4 N–H and O–H groups in total. The summed E-state index contributed by atoms with van der Waals surface area (Å²) in [5, 5.41) is 4.96. The van der Waals surface area contributed by atoms with Crippen molar-refractivity contribution >= 4 is 16.8 Å². The normalized spacial score (nSPS) is 22.8. The lowest BCUT2D eigenvalue weighted by atomic mass is 9.85. The number of nitrogens with two attached hydrogens (primary N) is 1. The molecule has 5 nitrogen and oxygen atoms in total. The predicted molar refractivity (Wildman–Crippen MR) is 136 cm³/mol. The van der Waals surface area contributed by atoms with Crippen LogP contribution >= 0.6 is 0 Å². The van der Waals surface area contributed by atoms with E-state index in [9.17, 15) is 9.18 Å². The zero-order chi connectivity index (χ0) is 24.0. The van der Waals surface area contributed by atoms with Gasteiger partial charge in [0.15, 0.2) is 0 Å². The van der Waals surface area contributed by atoms with Gasteiger partial charge in [0.1, 0.15) is 5.82 Å². The lowest BCUT2D eigenvalue weighted by Gasteiger charge is -2.36. The fourth-order valence-electron chi connectivity index (χ4n) is 6.09. The summed E-state index contributed by atoms with van der Waals surface area (Å²) in [4.78, 5) is 18.1. The monoisotopic (exact) mass is 462 g/mol. The zero-order valence-corrected chi connectivity index (χ0v) is 20.4. The second-order valence-electron chi connectivity index (χ2n) is 10.3. The molecule has 5 rings (SSSR count). The summed E-state index contributed by atoms with van der Waals surface area (Å²) < 4.78 is 14.4. The van der Waals surface area contributed by atoms with Gasteiger partial charge in [-0.2, -0.15) is 0 Å². The summed E-state index contributed by atoms with van der Waals surface area (Å²) in [6, 6.07) is 10.5. The average molecular weight is 463 g/mol. The number of hydrogen-bond donors (Lipinski definition) is 3. The number of aromatic amines is 1. The van der Waals surface area contributed by atoms with Crippen LogP contribution in [-0.2, 0) is 12.8 Å². The van der Waals surface area contributed by atoms with Crippen molar-refractivity contribution in [1.82, 2.24) is 15.2 Å². The Bertz CT molecular complexity index is 1220. The molecular formula is C28H35FN4O. The van der Waals surface area contributed by atoms with Crippen LogP contribution in [-0.4, -0.2) is 48.0 Å². The number of nitrogens with one attached hydrogen (secondary N) is 2. The highest BCUT2D eigenvalue weighted by atomic mass is 19.1. The van der Waals surface area contributed by atoms with Gasteiger partial charge in [0.05, 0.1) is 11.1 Å². The number of amides is 1. The molecule has 0 bridgehead atoms. The number of nitrogens with zero attached hydrogens (tertiary/aromatic N) is 1. The van der Waals surface area contributed by atoms with E-state index in [1.807, 2.05) is 19.1 Å². The molecule has 1 unspecified atom stereocenters. The Kier molecular flexibility index (Phi) is 6.21. The van der Waals surface area contributed by atoms with Crippen molar-refractivity contribution in [3.05, 3.63) is 58.5 Å². The first-order valence-corrected chi connectivity index (χ1v) is 12.5. The number of carbonyl (C=O) groups is 1. The van der Waals surface area contributed by atoms with Crippen molar-refractivity contribution < 1.29 is 9.18 Å². The number of rotatable bonds is 5. The first kappa shape index (κ1) is 23.1. The molecule has 1 fully saturated rings. The fourth-order valence-corrected chi connectivity index (χ4v) is 6.09. The number of fused-ring (bicyclic) bond motifs is 3. The van der Waals surface area contributed by atoms with Crippen molar-refractivity contribution in [2.24, 2.45) is 5.73 Å². The highest BCUT2D eigenvalue weighted by Crippen LogP contribution is 2.39. The van der Waals surface area contributed by atoms with Gasteiger partial charge in [-0.05, 0) is 100 Å². The fraction of sp³-hybridized carbons (Fsp3) is 0.464. The Morgan fingerprint density at radius 3 is 2.53 bits per heavy atom. The second kappa shape index (κ2) is 9.16. The molecule has 0 saturated heterocycles. The minimum absolute atomic E-state index is 0.220. The van der Waals surface area contributed by atoms with Gasteiger partial charge in [-0.1, -0.05) is 18.2 Å². The first-order chi connectivity index (χ1) is 16.3. The topological polar surface area (TPSA) is 74.1 Å². The molecule has 0 radical (unpaired) electrons. The summed E-state index contributed by atoms with van der Waals surface area (Å²) >= 11 is 0. The molecule has 6 heteroatoms. The van der Waals surface area contributed by atoms with Gasteiger partial charge in [0.25, 0.3) is 5.91 Å². The Morgan fingerprint density at radius 2 is 1.82 bits per heavy atom. The van der Waals surface area contributed by atoms with Gasteiger partial charge in [-0.3, -0.25) is 4.79 Å². The van der Waals surface area contributed by atoms with Gasteiger partial charge in [-0.15, -0.1) is 0 Å².